The first kappa shape index (κ1) is 25.6. The lowest BCUT2D eigenvalue weighted by molar-refractivity contribution is -0.144. The molecule has 2 atom stereocenters. The van der Waals surface area contributed by atoms with Crippen LogP contribution in [0, 0.1) is 0 Å². The molecule has 1 spiro atoms. The van der Waals surface area contributed by atoms with Gasteiger partial charge in [0.05, 0.1) is 24.5 Å². The van der Waals surface area contributed by atoms with Crippen LogP contribution >= 0.6 is 0 Å². The number of hydrogen-bond donors (Lipinski definition) is 1. The van der Waals surface area contributed by atoms with E-state index in [1.54, 1.807) is 35.2 Å². The number of fused-ring (bicyclic) bond motifs is 3. The fourth-order valence-electron chi connectivity index (χ4n) is 6.39. The number of hydrogen-bond acceptors (Lipinski definition) is 7. The van der Waals surface area contributed by atoms with Gasteiger partial charge in [-0.2, -0.15) is 0 Å². The van der Waals surface area contributed by atoms with Crippen molar-refractivity contribution >= 4 is 29.0 Å². The van der Waals surface area contributed by atoms with Gasteiger partial charge in [0.1, 0.15) is 17.6 Å². The van der Waals surface area contributed by atoms with Crippen molar-refractivity contribution in [1.29, 1.82) is 0 Å². The van der Waals surface area contributed by atoms with Crippen LogP contribution in [0.1, 0.15) is 37.0 Å². The summed E-state index contributed by atoms with van der Waals surface area (Å²) in [6, 6.07) is 12.5. The van der Waals surface area contributed by atoms with Gasteiger partial charge in [0.15, 0.2) is 5.54 Å². The van der Waals surface area contributed by atoms with Gasteiger partial charge in [0, 0.05) is 50.3 Å². The van der Waals surface area contributed by atoms with E-state index in [0.717, 1.165) is 11.3 Å². The number of aliphatic hydroxyl groups is 1. The number of ether oxygens (including phenoxy) is 2. The van der Waals surface area contributed by atoms with Crippen LogP contribution in [0.2, 0.25) is 0 Å². The van der Waals surface area contributed by atoms with Gasteiger partial charge in [-0.05, 0) is 43.2 Å². The van der Waals surface area contributed by atoms with Crippen LogP contribution in [0.5, 0.6) is 5.75 Å². The second-order valence-corrected chi connectivity index (χ2v) is 10.6. The van der Waals surface area contributed by atoms with Crippen LogP contribution < -0.4 is 9.64 Å². The van der Waals surface area contributed by atoms with E-state index in [0.29, 0.717) is 69.0 Å². The summed E-state index contributed by atoms with van der Waals surface area (Å²) in [5, 5.41) is 11.8. The zero-order valence-corrected chi connectivity index (χ0v) is 22.3. The summed E-state index contributed by atoms with van der Waals surface area (Å²) < 4.78 is 11.3. The van der Waals surface area contributed by atoms with E-state index >= 15 is 0 Å². The molecule has 2 fully saturated rings. The normalized spacial score (nSPS) is 25.9. The molecule has 4 aliphatic rings. The molecule has 0 saturated carbocycles. The average molecular weight is 532 g/mol. The van der Waals surface area contributed by atoms with Crippen molar-refractivity contribution in [3.05, 3.63) is 64.7 Å². The Kier molecular flexibility index (Phi) is 6.43. The maximum Gasteiger partial charge on any atom is 0.296 e. The van der Waals surface area contributed by atoms with Crippen LogP contribution in [-0.4, -0.2) is 84.5 Å². The van der Waals surface area contributed by atoms with Crippen molar-refractivity contribution in [2.24, 2.45) is 0 Å². The van der Waals surface area contributed by atoms with E-state index in [-0.39, 0.29) is 29.9 Å². The molecule has 2 amide bonds. The molecule has 4 aliphatic heterocycles. The predicted molar refractivity (Wildman–Crippen MR) is 145 cm³/mol. The number of para-hydroxylation sites is 1. The summed E-state index contributed by atoms with van der Waals surface area (Å²) in [4.78, 5) is 47.2. The van der Waals surface area contributed by atoms with Crippen molar-refractivity contribution in [1.82, 2.24) is 9.80 Å². The summed E-state index contributed by atoms with van der Waals surface area (Å²) in [5.74, 6) is -1.61. The van der Waals surface area contributed by atoms with Gasteiger partial charge < -0.3 is 24.4 Å². The van der Waals surface area contributed by atoms with Crippen molar-refractivity contribution in [3.63, 3.8) is 0 Å². The summed E-state index contributed by atoms with van der Waals surface area (Å²) in [6.07, 6.45) is 1.37. The highest BCUT2D eigenvalue weighted by atomic mass is 16.5. The Morgan fingerprint density at radius 2 is 1.82 bits per heavy atom. The maximum absolute atomic E-state index is 14.5. The Bertz CT molecular complexity index is 1380. The largest absolute Gasteiger partial charge is 0.507 e. The predicted octanol–water partition coefficient (Wildman–Crippen LogP) is 2.67. The lowest BCUT2D eigenvalue weighted by Crippen LogP contribution is -2.54. The number of ketones is 1. The first-order valence-electron chi connectivity index (χ1n) is 13.7. The van der Waals surface area contributed by atoms with E-state index in [4.69, 9.17) is 9.47 Å². The number of carbonyl (C=O) groups excluding carboxylic acids is 3. The standard InChI is InChI=1S/C30H33N3O6/c1-3-10-32-23-7-5-4-6-22(23)30(29(32)37)25(26(34)20-8-9-24-21(18-20)17-19(2)39-24)27(35)28(36)33(30)12-11-31-13-15-38-16-14-31/h4-9,18-19,34H,3,10-17H2,1-2H3/t19-,30+/m1/s1. The molecule has 0 bridgehead atoms. The molecule has 39 heavy (non-hydrogen) atoms. The van der Waals surface area contributed by atoms with E-state index in [2.05, 4.69) is 4.90 Å². The van der Waals surface area contributed by atoms with Gasteiger partial charge in [-0.15, -0.1) is 0 Å². The van der Waals surface area contributed by atoms with Crippen molar-refractivity contribution in [3.8, 4) is 5.75 Å². The number of benzene rings is 2. The van der Waals surface area contributed by atoms with E-state index in [1.807, 2.05) is 26.0 Å². The van der Waals surface area contributed by atoms with Crippen LogP contribution in [-0.2, 0) is 31.1 Å². The Labute approximate surface area is 227 Å². The minimum atomic E-state index is -1.74. The lowest BCUT2D eigenvalue weighted by atomic mass is 9.81. The summed E-state index contributed by atoms with van der Waals surface area (Å²) in [5.41, 5.74) is 0.592. The third-order valence-electron chi connectivity index (χ3n) is 8.17. The number of anilines is 1. The maximum atomic E-state index is 14.5. The highest BCUT2D eigenvalue weighted by Gasteiger charge is 2.67. The summed E-state index contributed by atoms with van der Waals surface area (Å²) in [7, 11) is 0. The molecule has 0 aliphatic carbocycles. The molecular formula is C30H33N3O6. The Balaban J connectivity index is 1.53. The molecule has 1 N–H and O–H groups in total. The molecule has 4 heterocycles. The number of rotatable bonds is 6. The lowest BCUT2D eigenvalue weighted by Gasteiger charge is -2.36. The molecular weight excluding hydrogens is 498 g/mol. The molecule has 204 valence electrons. The number of carbonyl (C=O) groups is 3. The SMILES string of the molecule is CCCN1C(=O)[C@@]2(C(=C(O)c3ccc4c(c3)C[C@@H](C)O4)C(=O)C(=O)N2CCN2CCOCC2)c2ccccc21. The Morgan fingerprint density at radius 3 is 2.59 bits per heavy atom. The molecule has 9 heteroatoms. The number of morpholine rings is 1. The van der Waals surface area contributed by atoms with Gasteiger partial charge in [0.2, 0.25) is 0 Å². The van der Waals surface area contributed by atoms with Gasteiger partial charge in [-0.3, -0.25) is 19.3 Å². The first-order chi connectivity index (χ1) is 18.9. The number of amides is 2. The zero-order valence-electron chi connectivity index (χ0n) is 22.3. The van der Waals surface area contributed by atoms with Gasteiger partial charge in [-0.25, -0.2) is 0 Å². The van der Waals surface area contributed by atoms with Crippen LogP contribution in [0.4, 0.5) is 5.69 Å². The molecule has 0 aromatic heterocycles. The van der Waals surface area contributed by atoms with E-state index in [9.17, 15) is 19.5 Å². The fourth-order valence-corrected chi connectivity index (χ4v) is 6.39. The summed E-state index contributed by atoms with van der Waals surface area (Å²) in [6.45, 7) is 7.62. The highest BCUT2D eigenvalue weighted by molar-refractivity contribution is 6.50. The third kappa shape index (κ3) is 3.86. The Morgan fingerprint density at radius 1 is 1.05 bits per heavy atom. The smallest absolute Gasteiger partial charge is 0.296 e. The number of Topliss-reactive ketones (excluding diaryl/α,β-unsaturated/α-hetero) is 1. The second-order valence-electron chi connectivity index (χ2n) is 10.6. The highest BCUT2D eigenvalue weighted by Crippen LogP contribution is 2.53. The van der Waals surface area contributed by atoms with Gasteiger partial charge in [-0.1, -0.05) is 25.1 Å². The minimum Gasteiger partial charge on any atom is -0.507 e. The monoisotopic (exact) mass is 531 g/mol. The van der Waals surface area contributed by atoms with Crippen molar-refractivity contribution < 1.29 is 29.0 Å². The van der Waals surface area contributed by atoms with E-state index in [1.165, 1.54) is 4.90 Å². The average Bonchev–Trinajstić information content (AvgIpc) is 3.51. The van der Waals surface area contributed by atoms with E-state index < -0.39 is 17.2 Å². The summed E-state index contributed by atoms with van der Waals surface area (Å²) >= 11 is 0. The third-order valence-corrected chi connectivity index (χ3v) is 8.17. The molecule has 6 rings (SSSR count). The molecule has 9 nitrogen and oxygen atoms in total. The van der Waals surface area contributed by atoms with Gasteiger partial charge in [0.25, 0.3) is 17.6 Å². The van der Waals surface area contributed by atoms with Crippen LogP contribution in [0.25, 0.3) is 5.76 Å². The number of aliphatic hydroxyl groups excluding tert-OH is 1. The zero-order chi connectivity index (χ0) is 27.3. The van der Waals surface area contributed by atoms with Crippen LogP contribution in [0.3, 0.4) is 0 Å². The first-order valence-corrected chi connectivity index (χ1v) is 13.7. The second kappa shape index (κ2) is 9.81. The van der Waals surface area contributed by atoms with Crippen LogP contribution in [0.15, 0.2) is 48.0 Å². The topological polar surface area (TPSA) is 99.6 Å². The van der Waals surface area contributed by atoms with Gasteiger partial charge >= 0.3 is 0 Å². The molecule has 2 aromatic carbocycles. The molecule has 0 unspecified atom stereocenters. The number of likely N-dealkylation sites (tertiary alicyclic amines) is 1. The Hall–Kier alpha value is -3.69. The number of nitrogens with zero attached hydrogens (tertiary/aromatic N) is 3. The molecule has 2 aromatic rings. The quantitative estimate of drug-likeness (QED) is 0.348. The van der Waals surface area contributed by atoms with Crippen molar-refractivity contribution in [2.75, 3.05) is 50.8 Å². The van der Waals surface area contributed by atoms with Crippen molar-refractivity contribution in [2.45, 2.75) is 38.3 Å². The minimum absolute atomic E-state index is 0.00708. The fraction of sp³-hybridized carbons (Fsp3) is 0.433. The molecule has 0 radical (unpaired) electrons. The molecule has 2 saturated heterocycles.